The summed E-state index contributed by atoms with van der Waals surface area (Å²) in [5.74, 6) is 0. The van der Waals surface area contributed by atoms with Crippen molar-refractivity contribution < 1.29 is 17.0 Å². The van der Waals surface area contributed by atoms with Gasteiger partial charge in [-0.05, 0) is 64.5 Å². The lowest BCUT2D eigenvalue weighted by atomic mass is 10.1. The van der Waals surface area contributed by atoms with Crippen LogP contribution in [0.2, 0.25) is 0 Å². The Morgan fingerprint density at radius 2 is 1.09 bits per heavy atom. The zero-order valence-corrected chi connectivity index (χ0v) is 21.5. The van der Waals surface area contributed by atoms with E-state index < -0.39 is 7.26 Å². The number of rotatable bonds is 5. The second kappa shape index (κ2) is 10.1. The summed E-state index contributed by atoms with van der Waals surface area (Å²) in [5.41, 5.74) is 2.33. The molecule has 4 heteroatoms. The molecule has 0 saturated heterocycles. The van der Waals surface area contributed by atoms with Crippen LogP contribution in [-0.2, 0) is 6.16 Å². The zero-order valence-electron chi connectivity index (χ0n) is 17.4. The number of hydrogen-bond donors (Lipinski definition) is 0. The van der Waals surface area contributed by atoms with Crippen molar-refractivity contribution in [2.75, 3.05) is 0 Å². The van der Waals surface area contributed by atoms with Crippen molar-refractivity contribution in [2.24, 2.45) is 0 Å². The van der Waals surface area contributed by atoms with Crippen LogP contribution in [0.25, 0.3) is 10.9 Å². The fraction of sp³-hybridized carbons (Fsp3) is 0.0357. The molecule has 1 heterocycles. The van der Waals surface area contributed by atoms with Crippen molar-refractivity contribution in [2.45, 2.75) is 6.16 Å². The number of hydrogen-bond acceptors (Lipinski definition) is 1. The number of halogens is 2. The minimum atomic E-state index is -1.93. The molecule has 32 heavy (non-hydrogen) atoms. The van der Waals surface area contributed by atoms with Gasteiger partial charge in [-0.15, -0.1) is 0 Å². The van der Waals surface area contributed by atoms with Gasteiger partial charge in [-0.1, -0.05) is 66.7 Å². The summed E-state index contributed by atoms with van der Waals surface area (Å²) in [5, 5.41) is 5.34. The summed E-state index contributed by atoms with van der Waals surface area (Å²) in [6.07, 6.45) is 2.79. The summed E-state index contributed by atoms with van der Waals surface area (Å²) >= 11 is 3.93. The van der Waals surface area contributed by atoms with E-state index >= 15 is 0 Å². The second-order valence-electron chi connectivity index (χ2n) is 7.58. The van der Waals surface area contributed by atoms with Gasteiger partial charge in [0.05, 0.1) is 11.7 Å². The molecule has 0 aliphatic heterocycles. The molecule has 1 aromatic heterocycles. The Bertz CT molecular complexity index is 1210. The number of fused-ring (bicyclic) bond motifs is 1. The topological polar surface area (TPSA) is 12.9 Å². The first kappa shape index (κ1) is 22.9. The van der Waals surface area contributed by atoms with E-state index in [2.05, 4.69) is 130 Å². The highest BCUT2D eigenvalue weighted by Crippen LogP contribution is 2.59. The molecular weight excluding hydrogens is 541 g/mol. The van der Waals surface area contributed by atoms with Crippen LogP contribution in [0, 0.1) is 0 Å². The van der Waals surface area contributed by atoms with Crippen LogP contribution in [0.5, 0.6) is 0 Å². The van der Waals surface area contributed by atoms with E-state index in [1.54, 1.807) is 0 Å². The van der Waals surface area contributed by atoms with Crippen molar-refractivity contribution in [3.63, 3.8) is 0 Å². The van der Waals surface area contributed by atoms with Crippen LogP contribution in [0.3, 0.4) is 0 Å². The molecule has 5 aromatic rings. The monoisotopic (exact) mass is 561 g/mol. The molecule has 158 valence electrons. The molecular formula is C28H22Br2NP. The normalized spacial score (nSPS) is 11.2. The molecule has 0 fully saturated rings. The van der Waals surface area contributed by atoms with Crippen LogP contribution in [0.15, 0.2) is 126 Å². The molecule has 4 aromatic carbocycles. The molecule has 0 N–H and O–H groups in total. The quantitative estimate of drug-likeness (QED) is 0.299. The maximum absolute atomic E-state index is 4.53. The van der Waals surface area contributed by atoms with E-state index in [1.807, 2.05) is 12.3 Å². The lowest BCUT2D eigenvalue weighted by molar-refractivity contribution is -0.00000590. The third kappa shape index (κ3) is 4.18. The Morgan fingerprint density at radius 3 is 1.59 bits per heavy atom. The Morgan fingerprint density at radius 1 is 0.594 bits per heavy atom. The van der Waals surface area contributed by atoms with Crippen LogP contribution in [0.4, 0.5) is 0 Å². The van der Waals surface area contributed by atoms with Gasteiger partial charge >= 0.3 is 0 Å². The average Bonchev–Trinajstić information content (AvgIpc) is 2.86. The molecule has 0 atom stereocenters. The molecule has 1 nitrogen and oxygen atoms in total. The Balaban J connectivity index is 0.00000245. The average molecular weight is 563 g/mol. The largest absolute Gasteiger partial charge is 1.00 e. The van der Waals surface area contributed by atoms with Gasteiger partial charge in [0.15, 0.2) is 0 Å². The molecule has 0 spiro atoms. The summed E-state index contributed by atoms with van der Waals surface area (Å²) in [6.45, 7) is 0. The van der Waals surface area contributed by atoms with Crippen LogP contribution in [0.1, 0.15) is 5.56 Å². The minimum absolute atomic E-state index is 0. The van der Waals surface area contributed by atoms with E-state index in [9.17, 15) is 0 Å². The first-order valence-corrected chi connectivity index (χ1v) is 13.1. The molecule has 5 rings (SSSR count). The SMILES string of the molecule is Brc1c(C[P+](c2ccccc2)(c2ccccc2)c2ccccc2)ccc2ncccc12.[Br-]. The molecule has 0 unspecified atom stereocenters. The predicted octanol–water partition coefficient (Wildman–Crippen LogP) is 3.50. The third-order valence-corrected chi connectivity index (χ3v) is 11.1. The van der Waals surface area contributed by atoms with Gasteiger partial charge in [0.2, 0.25) is 0 Å². The lowest BCUT2D eigenvalue weighted by Gasteiger charge is -2.28. The standard InChI is InChI=1S/C28H22BrNP.BrH/c29-28-22(18-19-27-26(28)17-10-20-30-27)21-31(23-11-4-1-5-12-23,24-13-6-2-7-14-24)25-15-8-3-9-16-25;/h1-20H,21H2;1H/q+1;/p-1. The van der Waals surface area contributed by atoms with Gasteiger partial charge in [0.25, 0.3) is 0 Å². The van der Waals surface area contributed by atoms with Crippen molar-refractivity contribution >= 4 is 50.0 Å². The first-order valence-electron chi connectivity index (χ1n) is 10.4. The zero-order chi connectivity index (χ0) is 21.1. The smallest absolute Gasteiger partial charge is 0.116 e. The summed E-state index contributed by atoms with van der Waals surface area (Å²) in [4.78, 5) is 4.53. The van der Waals surface area contributed by atoms with Crippen molar-refractivity contribution in [1.29, 1.82) is 0 Å². The van der Waals surface area contributed by atoms with Gasteiger partial charge in [0.1, 0.15) is 23.2 Å². The molecule has 0 radical (unpaired) electrons. The predicted molar refractivity (Wildman–Crippen MR) is 138 cm³/mol. The summed E-state index contributed by atoms with van der Waals surface area (Å²) in [7, 11) is -1.93. The Hall–Kier alpha value is -2.32. The molecule has 0 amide bonds. The van der Waals surface area contributed by atoms with Crippen LogP contribution >= 0.6 is 23.2 Å². The van der Waals surface area contributed by atoms with Crippen molar-refractivity contribution in [3.8, 4) is 0 Å². The van der Waals surface area contributed by atoms with Crippen LogP contribution in [-0.4, -0.2) is 4.98 Å². The van der Waals surface area contributed by atoms with E-state index in [1.165, 1.54) is 21.5 Å². The highest BCUT2D eigenvalue weighted by Gasteiger charge is 2.45. The van der Waals surface area contributed by atoms with Gasteiger partial charge < -0.3 is 17.0 Å². The maximum Gasteiger partial charge on any atom is 0.116 e. The van der Waals surface area contributed by atoms with Crippen molar-refractivity contribution in [1.82, 2.24) is 4.98 Å². The van der Waals surface area contributed by atoms with E-state index in [-0.39, 0.29) is 17.0 Å². The lowest BCUT2D eigenvalue weighted by Crippen LogP contribution is -3.00. The Labute approximate surface area is 208 Å². The first-order chi connectivity index (χ1) is 15.3. The number of benzene rings is 4. The molecule has 0 aliphatic rings. The number of nitrogens with zero attached hydrogens (tertiary/aromatic N) is 1. The molecule has 0 bridgehead atoms. The van der Waals surface area contributed by atoms with Gasteiger partial charge in [-0.2, -0.15) is 0 Å². The third-order valence-electron chi connectivity index (χ3n) is 5.80. The maximum atomic E-state index is 4.53. The van der Waals surface area contributed by atoms with E-state index in [4.69, 9.17) is 0 Å². The van der Waals surface area contributed by atoms with Crippen LogP contribution < -0.4 is 32.9 Å². The van der Waals surface area contributed by atoms with E-state index in [0.717, 1.165) is 21.5 Å². The molecule has 0 aliphatic carbocycles. The molecule has 0 saturated carbocycles. The van der Waals surface area contributed by atoms with Crippen molar-refractivity contribution in [3.05, 3.63) is 131 Å². The van der Waals surface area contributed by atoms with Gasteiger partial charge in [-0.3, -0.25) is 4.98 Å². The number of pyridine rings is 1. The fourth-order valence-corrected chi connectivity index (χ4v) is 9.39. The number of aromatic nitrogens is 1. The highest BCUT2D eigenvalue weighted by atomic mass is 79.9. The highest BCUT2D eigenvalue weighted by molar-refractivity contribution is 9.10. The Kier molecular flexibility index (Phi) is 7.20. The minimum Gasteiger partial charge on any atom is -1.00 e. The van der Waals surface area contributed by atoms with E-state index in [0.29, 0.717) is 0 Å². The summed E-state index contributed by atoms with van der Waals surface area (Å²) < 4.78 is 1.14. The second-order valence-corrected chi connectivity index (χ2v) is 11.9. The van der Waals surface area contributed by atoms with Gasteiger partial charge in [0, 0.05) is 21.6 Å². The van der Waals surface area contributed by atoms with Gasteiger partial charge in [-0.25, -0.2) is 0 Å². The summed E-state index contributed by atoms with van der Waals surface area (Å²) in [6, 6.07) is 41.6. The fourth-order valence-electron chi connectivity index (χ4n) is 4.31.